The summed E-state index contributed by atoms with van der Waals surface area (Å²) in [5.74, 6) is 0. The van der Waals surface area contributed by atoms with Crippen LogP contribution in [0.1, 0.15) is 490 Å². The van der Waals surface area contributed by atoms with Crippen molar-refractivity contribution in [1.82, 2.24) is 19.9 Å². The van der Waals surface area contributed by atoms with Crippen LogP contribution in [0.5, 0.6) is 0 Å². The Hall–Kier alpha value is -3.06. The van der Waals surface area contributed by atoms with Gasteiger partial charge in [0.05, 0.1) is 75.6 Å². The molecule has 2 aliphatic heterocycles. The van der Waals surface area contributed by atoms with Gasteiger partial charge in [-0.3, -0.25) is 0 Å². The maximum Gasteiger partial charge on any atom is 0.0695 e. The predicted molar refractivity (Wildman–Crippen MR) is 527 cm³/mol. The summed E-state index contributed by atoms with van der Waals surface area (Å²) >= 11 is 0. The van der Waals surface area contributed by atoms with E-state index in [0.29, 0.717) is 52.9 Å². The van der Waals surface area contributed by atoms with E-state index in [4.69, 9.17) is 47.9 Å². The second kappa shape index (κ2) is 88.9. The second-order valence-electron chi connectivity index (χ2n) is 33.1. The maximum atomic E-state index is 6.74. The molecule has 0 aliphatic carbocycles. The molecule has 12 nitrogen and oxygen atoms in total. The number of unbranched alkanes of at least 4 members (excludes halogenated alkanes) is 40. The zero-order chi connectivity index (χ0) is 87.5. The number of hydrogen-bond donors (Lipinski definition) is 2. The van der Waals surface area contributed by atoms with Crippen LogP contribution in [-0.4, -0.2) is 126 Å². The molecule has 5 rings (SSSR count). The summed E-state index contributed by atoms with van der Waals surface area (Å²) in [6.07, 6.45) is 65.6. The van der Waals surface area contributed by atoms with E-state index in [1.165, 1.54) is 301 Å². The van der Waals surface area contributed by atoms with Gasteiger partial charge in [0.2, 0.25) is 0 Å². The third-order valence-corrected chi connectivity index (χ3v) is 23.2. The van der Waals surface area contributed by atoms with Gasteiger partial charge in [-0.15, -0.1) is 0 Å². The average molecular weight is 1790 g/mol. The minimum Gasteiger partial charge on any atom is -0.381 e. The molecule has 3 aromatic heterocycles. The summed E-state index contributed by atoms with van der Waals surface area (Å²) in [7, 11) is 0. The van der Waals surface area contributed by atoms with Crippen LogP contribution in [0.25, 0.3) is 44.4 Å². The molecule has 0 unspecified atom stereocenters. The van der Waals surface area contributed by atoms with E-state index in [-0.39, 0.29) is 20.4 Å². The zero-order valence-corrected chi connectivity index (χ0v) is 84.3. The van der Waals surface area contributed by atoms with Gasteiger partial charge in [0.15, 0.2) is 0 Å². The summed E-state index contributed by atoms with van der Waals surface area (Å²) < 4.78 is 53.8. The smallest absolute Gasteiger partial charge is 0.0695 e. The Balaban J connectivity index is 0.0000155. The molecule has 0 radical (unpaired) electrons. The normalized spacial score (nSPS) is 11.8. The molecule has 708 valence electrons. The van der Waals surface area contributed by atoms with Crippen molar-refractivity contribution in [3.8, 4) is 0 Å². The van der Waals surface area contributed by atoms with Gasteiger partial charge < -0.3 is 47.9 Å². The van der Waals surface area contributed by atoms with Crippen molar-refractivity contribution in [1.29, 1.82) is 0 Å². The number of hydrogen-bond acceptors (Lipinski definition) is 10. The van der Waals surface area contributed by atoms with E-state index in [0.717, 1.165) is 200 Å². The number of aromatic amines is 2. The van der Waals surface area contributed by atoms with E-state index in [1.807, 2.05) is 55.4 Å². The number of ether oxygens (including phenoxy) is 8. The first-order chi connectivity index (χ1) is 59.5. The summed E-state index contributed by atoms with van der Waals surface area (Å²) in [5.41, 5.74) is 18.6. The number of H-pyrrole nitrogens is 2. The third-order valence-electron chi connectivity index (χ3n) is 23.2. The zero-order valence-electron chi connectivity index (χ0n) is 82.7. The molecule has 0 fully saturated rings. The van der Waals surface area contributed by atoms with Gasteiger partial charge in [-0.25, -0.2) is 9.97 Å². The molecule has 0 atom stereocenters. The molecular weight excluding hydrogens is 1590 g/mol. The molecule has 0 saturated heterocycles. The van der Waals surface area contributed by atoms with Crippen LogP contribution in [0.15, 0.2) is 24.3 Å². The standard InChI is InChI=1S/C100H174N4O8.4C2H6.Pd/c1-9-17-25-33-41-49-65-105-73-57-85-86(58-74-106-66-50-42-34-26-18-10-2)94-82-96-89(61-77-109-69-53-45-37-29-21-13-5)90(62-78-110-70-54-46-38-30-22-14-6)98(103-96)84-100-92(64-80-112-72-56-48-40-32-24-16-8)91(63-79-111-71-55-47-39-31-23-15-7)99(104-100)83-97-88(60-76-108-68-52-44-36-28-20-12-4)87(95(102-97)81-93(85)101-94)59-75-107-67-51-43-35-27-19-11-3;4*1-2;/h81-84,101-102H,9-80H2,1-8H3;4*1-2H3;. The van der Waals surface area contributed by atoms with Gasteiger partial charge in [-0.2, -0.15) is 0 Å². The third kappa shape index (κ3) is 56.8. The van der Waals surface area contributed by atoms with Crippen LogP contribution < -0.4 is 0 Å². The monoisotopic (exact) mass is 1790 g/mol. The van der Waals surface area contributed by atoms with Crippen LogP contribution in [0.4, 0.5) is 0 Å². The van der Waals surface area contributed by atoms with E-state index >= 15 is 0 Å². The van der Waals surface area contributed by atoms with Crippen molar-refractivity contribution in [3.63, 3.8) is 0 Å². The maximum absolute atomic E-state index is 6.74. The molecule has 5 heterocycles. The largest absolute Gasteiger partial charge is 0.381 e. The summed E-state index contributed by atoms with van der Waals surface area (Å²) in [6.45, 7) is 45.7. The number of nitrogens with one attached hydrogen (secondary N) is 2. The van der Waals surface area contributed by atoms with Crippen molar-refractivity contribution >= 4 is 44.4 Å². The Labute approximate surface area is 763 Å². The number of rotatable bonds is 80. The first-order valence-electron chi connectivity index (χ1n) is 52.3. The van der Waals surface area contributed by atoms with Crippen molar-refractivity contribution in [2.24, 2.45) is 0 Å². The molecule has 3 aromatic rings. The molecule has 0 amide bonds. The van der Waals surface area contributed by atoms with Gasteiger partial charge in [0.25, 0.3) is 0 Å². The molecule has 2 N–H and O–H groups in total. The fourth-order valence-corrected chi connectivity index (χ4v) is 16.3. The van der Waals surface area contributed by atoms with Crippen molar-refractivity contribution in [2.75, 3.05) is 106 Å². The first-order valence-corrected chi connectivity index (χ1v) is 52.3. The fraction of sp³-hybridized carbons (Fsp3) is 0.815. The Kier molecular flexibility index (Phi) is 86.7. The van der Waals surface area contributed by atoms with Crippen LogP contribution in [0.3, 0.4) is 0 Å². The topological polar surface area (TPSA) is 131 Å². The van der Waals surface area contributed by atoms with Gasteiger partial charge in [0, 0.05) is 95.3 Å². The van der Waals surface area contributed by atoms with E-state index < -0.39 is 0 Å². The molecule has 0 spiro atoms. The Bertz CT molecular complexity index is 2800. The average Bonchev–Trinajstić information content (AvgIpc) is 1.61. The van der Waals surface area contributed by atoms with Gasteiger partial charge in [0.1, 0.15) is 0 Å². The summed E-state index contributed by atoms with van der Waals surface area (Å²) in [6, 6.07) is 9.66. The summed E-state index contributed by atoms with van der Waals surface area (Å²) in [5, 5.41) is 0. The Morgan fingerprint density at radius 3 is 0.512 bits per heavy atom. The van der Waals surface area contributed by atoms with Crippen LogP contribution in [0, 0.1) is 0 Å². The van der Waals surface area contributed by atoms with Gasteiger partial charge in [-0.1, -0.05) is 368 Å². The molecule has 121 heavy (non-hydrogen) atoms. The van der Waals surface area contributed by atoms with Crippen LogP contribution in [-0.2, 0) is 84.0 Å². The number of nitrogens with zero attached hydrogens (tertiary/aromatic N) is 2. The van der Waals surface area contributed by atoms with Gasteiger partial charge in [-0.05, 0) is 172 Å². The minimum absolute atomic E-state index is 0. The summed E-state index contributed by atoms with van der Waals surface area (Å²) in [4.78, 5) is 20.4. The number of fused-ring (bicyclic) bond motifs is 8. The fourth-order valence-electron chi connectivity index (χ4n) is 16.3. The predicted octanol–water partition coefficient (Wildman–Crippen LogP) is 33.0. The second-order valence-corrected chi connectivity index (χ2v) is 33.1. The molecule has 13 heteroatoms. The first kappa shape index (κ1) is 118. The Morgan fingerprint density at radius 2 is 0.331 bits per heavy atom. The number of aromatic nitrogens is 4. The van der Waals surface area contributed by atoms with E-state index in [1.54, 1.807) is 0 Å². The van der Waals surface area contributed by atoms with Crippen LogP contribution >= 0.6 is 0 Å². The minimum atomic E-state index is 0. The van der Waals surface area contributed by atoms with Crippen molar-refractivity contribution in [3.05, 3.63) is 69.3 Å². The quantitative estimate of drug-likeness (QED) is 0.0416. The molecule has 8 bridgehead atoms. The molecular formula is C108H198N4O8Pd. The molecule has 0 aromatic carbocycles. The van der Waals surface area contributed by atoms with E-state index in [9.17, 15) is 0 Å². The molecule has 2 aliphatic rings. The molecule has 0 saturated carbocycles. The SMILES string of the molecule is CC.CC.CC.CC.CCCCCCCCOCCC1=C(CCOCCCCCCCC)c2cc3[nH]c(cc4[nH]c(cc5nc(cc1n2)C(CCOCCCCCCCC)=C5CCOCCCCCCCC)c(CCOCCCCCCCC)c4CCOCCCCCCCC)c(CCOCCCCCCCC)c3CCOCCCCCCCC.[Pd]. The van der Waals surface area contributed by atoms with Crippen molar-refractivity contribution in [2.45, 2.75) is 470 Å². The Morgan fingerprint density at radius 1 is 0.182 bits per heavy atom. The van der Waals surface area contributed by atoms with E-state index in [2.05, 4.69) is 89.6 Å². The van der Waals surface area contributed by atoms with Gasteiger partial charge >= 0.3 is 0 Å². The van der Waals surface area contributed by atoms with Crippen molar-refractivity contribution < 1.29 is 58.3 Å². The van der Waals surface area contributed by atoms with Crippen LogP contribution in [0.2, 0.25) is 0 Å².